The van der Waals surface area contributed by atoms with Gasteiger partial charge in [-0.2, -0.15) is 0 Å². The Bertz CT molecular complexity index is 950. The Morgan fingerprint density at radius 3 is 2.41 bits per heavy atom. The quantitative estimate of drug-likeness (QED) is 0.808. The van der Waals surface area contributed by atoms with E-state index in [1.165, 1.54) is 11.3 Å². The van der Waals surface area contributed by atoms with Crippen molar-refractivity contribution >= 4 is 34.9 Å². The van der Waals surface area contributed by atoms with Gasteiger partial charge in [-0.3, -0.25) is 19.3 Å². The predicted octanol–water partition coefficient (Wildman–Crippen LogP) is 3.29. The lowest BCUT2D eigenvalue weighted by Gasteiger charge is -2.31. The van der Waals surface area contributed by atoms with Crippen LogP contribution in [0, 0.1) is 6.92 Å². The van der Waals surface area contributed by atoms with E-state index in [1.54, 1.807) is 18.2 Å². The zero-order valence-electron chi connectivity index (χ0n) is 16.5. The van der Waals surface area contributed by atoms with E-state index >= 15 is 0 Å². The van der Waals surface area contributed by atoms with Gasteiger partial charge in [-0.15, -0.1) is 0 Å². The molecule has 3 amide bonds. The summed E-state index contributed by atoms with van der Waals surface area (Å²) < 4.78 is 0. The predicted molar refractivity (Wildman–Crippen MR) is 111 cm³/mol. The maximum absolute atomic E-state index is 13.2. The number of anilines is 3. The second-order valence-electron chi connectivity index (χ2n) is 7.49. The van der Waals surface area contributed by atoms with Gasteiger partial charge in [-0.05, 0) is 56.5 Å². The molecule has 2 aliphatic heterocycles. The number of carbonyl (C=O) groups excluding carboxylic acids is 3. The molecular weight excluding hydrogens is 368 g/mol. The summed E-state index contributed by atoms with van der Waals surface area (Å²) in [6.07, 6.45) is 3.75. The third-order valence-corrected chi connectivity index (χ3v) is 5.36. The molecule has 0 aliphatic carbocycles. The first-order chi connectivity index (χ1) is 14.0. The van der Waals surface area contributed by atoms with E-state index in [-0.39, 0.29) is 30.6 Å². The number of nitrogens with zero attached hydrogens (tertiary/aromatic N) is 3. The molecule has 0 radical (unpaired) electrons. The molecule has 0 unspecified atom stereocenters. The van der Waals surface area contributed by atoms with Gasteiger partial charge in [0.15, 0.2) is 0 Å². The molecule has 7 heteroatoms. The number of aryl methyl sites for hydroxylation is 1. The van der Waals surface area contributed by atoms with Gasteiger partial charge in [0.25, 0.3) is 5.91 Å². The van der Waals surface area contributed by atoms with Crippen LogP contribution >= 0.6 is 0 Å². The van der Waals surface area contributed by atoms with Crippen molar-refractivity contribution in [2.75, 3.05) is 28.2 Å². The highest BCUT2D eigenvalue weighted by Crippen LogP contribution is 2.31. The Morgan fingerprint density at radius 1 is 1.00 bits per heavy atom. The van der Waals surface area contributed by atoms with Crippen LogP contribution < -0.4 is 15.1 Å². The largest absolute Gasteiger partial charge is 0.371 e. The van der Waals surface area contributed by atoms with E-state index in [0.29, 0.717) is 17.1 Å². The van der Waals surface area contributed by atoms with Gasteiger partial charge in [0.2, 0.25) is 11.8 Å². The molecule has 3 heterocycles. The number of amides is 3. The van der Waals surface area contributed by atoms with E-state index in [2.05, 4.69) is 15.2 Å². The first kappa shape index (κ1) is 19.1. The molecule has 7 nitrogen and oxygen atoms in total. The lowest BCUT2D eigenvalue weighted by atomic mass is 10.1. The summed E-state index contributed by atoms with van der Waals surface area (Å²) in [5.41, 5.74) is 2.51. The molecule has 1 N–H and O–H groups in total. The average Bonchev–Trinajstić information content (AvgIpc) is 3.06. The average molecular weight is 392 g/mol. The zero-order valence-corrected chi connectivity index (χ0v) is 16.5. The highest BCUT2D eigenvalue weighted by molar-refractivity contribution is 6.20. The fraction of sp³-hybridized carbons (Fsp3) is 0.364. The van der Waals surface area contributed by atoms with Gasteiger partial charge >= 0.3 is 0 Å². The molecule has 0 spiro atoms. The van der Waals surface area contributed by atoms with E-state index in [0.717, 1.165) is 37.3 Å². The lowest BCUT2D eigenvalue weighted by Crippen LogP contribution is -2.32. The highest BCUT2D eigenvalue weighted by Gasteiger charge is 2.31. The summed E-state index contributed by atoms with van der Waals surface area (Å²) in [6, 6.07) is 10.7. The third kappa shape index (κ3) is 3.99. The minimum absolute atomic E-state index is 0.210. The minimum atomic E-state index is -0.301. The summed E-state index contributed by atoms with van der Waals surface area (Å²) in [5, 5.41) is 2.85. The van der Waals surface area contributed by atoms with Crippen LogP contribution in [-0.4, -0.2) is 35.8 Å². The standard InChI is InChI=1S/C22H24N4O3/c1-15-6-5-7-19(23-15)24-22(29)17-14-16(26-20(27)10-11-21(26)28)8-9-18(17)25-12-3-2-4-13-25/h5-9,14H,2-4,10-13H2,1H3,(H,23,24,29). The SMILES string of the molecule is Cc1cccc(NC(=O)c2cc(N3C(=O)CCC3=O)ccc2N2CCCCC2)n1. The van der Waals surface area contributed by atoms with Crippen LogP contribution in [0.3, 0.4) is 0 Å². The summed E-state index contributed by atoms with van der Waals surface area (Å²) in [7, 11) is 0. The molecule has 4 rings (SSSR count). The fourth-order valence-electron chi connectivity index (χ4n) is 3.92. The molecule has 150 valence electrons. The van der Waals surface area contributed by atoms with Gasteiger partial charge < -0.3 is 10.2 Å². The van der Waals surface area contributed by atoms with Gasteiger partial charge in [0.05, 0.1) is 11.3 Å². The number of carbonyl (C=O) groups is 3. The molecule has 0 bridgehead atoms. The van der Waals surface area contributed by atoms with Crippen LogP contribution in [-0.2, 0) is 9.59 Å². The molecular formula is C22H24N4O3. The molecule has 1 aromatic carbocycles. The number of rotatable bonds is 4. The Kier molecular flexibility index (Phi) is 5.29. The van der Waals surface area contributed by atoms with Gasteiger partial charge in [0.1, 0.15) is 5.82 Å². The normalized spacial score (nSPS) is 17.0. The van der Waals surface area contributed by atoms with E-state index in [4.69, 9.17) is 0 Å². The number of hydrogen-bond donors (Lipinski definition) is 1. The molecule has 0 atom stereocenters. The van der Waals surface area contributed by atoms with Crippen molar-refractivity contribution in [2.24, 2.45) is 0 Å². The van der Waals surface area contributed by atoms with Crippen molar-refractivity contribution in [3.05, 3.63) is 47.7 Å². The van der Waals surface area contributed by atoms with Gasteiger partial charge in [0, 0.05) is 37.3 Å². The molecule has 2 aliphatic rings. The van der Waals surface area contributed by atoms with Crippen LogP contribution in [0.2, 0.25) is 0 Å². The molecule has 2 aromatic rings. The van der Waals surface area contributed by atoms with Gasteiger partial charge in [-0.1, -0.05) is 6.07 Å². The van der Waals surface area contributed by atoms with Crippen molar-refractivity contribution in [3.8, 4) is 0 Å². The Hall–Kier alpha value is -3.22. The van der Waals surface area contributed by atoms with Crippen LogP contribution in [0.5, 0.6) is 0 Å². The zero-order chi connectivity index (χ0) is 20.4. The van der Waals surface area contributed by atoms with E-state index in [1.807, 2.05) is 25.1 Å². The van der Waals surface area contributed by atoms with Crippen LogP contribution in [0.4, 0.5) is 17.2 Å². The number of piperidine rings is 1. The first-order valence-corrected chi connectivity index (χ1v) is 10.0. The van der Waals surface area contributed by atoms with E-state index in [9.17, 15) is 14.4 Å². The van der Waals surface area contributed by atoms with E-state index < -0.39 is 0 Å². The summed E-state index contributed by atoms with van der Waals surface area (Å²) in [5.74, 6) is -0.289. The van der Waals surface area contributed by atoms with Crippen LogP contribution in [0.1, 0.15) is 48.2 Å². The second-order valence-corrected chi connectivity index (χ2v) is 7.49. The van der Waals surface area contributed by atoms with Crippen molar-refractivity contribution in [1.82, 2.24) is 4.98 Å². The number of aromatic nitrogens is 1. The highest BCUT2D eigenvalue weighted by atomic mass is 16.2. The smallest absolute Gasteiger partial charge is 0.258 e. The van der Waals surface area contributed by atoms with Crippen molar-refractivity contribution in [3.63, 3.8) is 0 Å². The van der Waals surface area contributed by atoms with Crippen molar-refractivity contribution in [1.29, 1.82) is 0 Å². The van der Waals surface area contributed by atoms with Gasteiger partial charge in [-0.25, -0.2) is 4.98 Å². The molecule has 0 saturated carbocycles. The first-order valence-electron chi connectivity index (χ1n) is 10.0. The summed E-state index contributed by atoms with van der Waals surface area (Å²) in [6.45, 7) is 3.62. The molecule has 29 heavy (non-hydrogen) atoms. The summed E-state index contributed by atoms with van der Waals surface area (Å²) in [4.78, 5) is 45.2. The Labute approximate surface area is 169 Å². The second kappa shape index (κ2) is 8.03. The van der Waals surface area contributed by atoms with Crippen molar-refractivity contribution in [2.45, 2.75) is 39.0 Å². The number of imide groups is 1. The number of pyridine rings is 1. The monoisotopic (exact) mass is 392 g/mol. The molecule has 2 saturated heterocycles. The van der Waals surface area contributed by atoms with Crippen LogP contribution in [0.15, 0.2) is 36.4 Å². The van der Waals surface area contributed by atoms with Crippen LogP contribution in [0.25, 0.3) is 0 Å². The number of nitrogens with one attached hydrogen (secondary N) is 1. The lowest BCUT2D eigenvalue weighted by molar-refractivity contribution is -0.121. The maximum Gasteiger partial charge on any atom is 0.258 e. The molecule has 1 aromatic heterocycles. The molecule has 2 fully saturated rings. The Balaban J connectivity index is 1.71. The minimum Gasteiger partial charge on any atom is -0.371 e. The third-order valence-electron chi connectivity index (χ3n) is 5.36. The maximum atomic E-state index is 13.2. The Morgan fingerprint density at radius 2 is 1.72 bits per heavy atom. The topological polar surface area (TPSA) is 82.6 Å². The number of benzene rings is 1. The number of hydrogen-bond acceptors (Lipinski definition) is 5. The fourth-order valence-corrected chi connectivity index (χ4v) is 3.92. The van der Waals surface area contributed by atoms with Crippen molar-refractivity contribution < 1.29 is 14.4 Å². The summed E-state index contributed by atoms with van der Waals surface area (Å²) >= 11 is 0.